The second-order valence-corrected chi connectivity index (χ2v) is 7.92. The van der Waals surface area contributed by atoms with E-state index in [-0.39, 0.29) is 23.9 Å². The lowest BCUT2D eigenvalue weighted by molar-refractivity contribution is 0.0960. The molecule has 148 valence electrons. The van der Waals surface area contributed by atoms with E-state index < -0.39 is 0 Å². The highest BCUT2D eigenvalue weighted by Gasteiger charge is 2.40. The van der Waals surface area contributed by atoms with Gasteiger partial charge in [-0.05, 0) is 49.2 Å². The molecule has 0 spiro atoms. The number of hydrogen-bond acceptors (Lipinski definition) is 2. The van der Waals surface area contributed by atoms with Crippen LogP contribution in [0.25, 0.3) is 0 Å². The summed E-state index contributed by atoms with van der Waals surface area (Å²) in [5, 5.41) is 3.72. The van der Waals surface area contributed by atoms with Crippen molar-refractivity contribution in [2.24, 2.45) is 5.92 Å². The normalized spacial score (nSPS) is 20.8. The van der Waals surface area contributed by atoms with Gasteiger partial charge in [0, 0.05) is 28.9 Å². The third-order valence-corrected chi connectivity index (χ3v) is 6.03. The monoisotopic (exact) mass is 384 g/mol. The van der Waals surface area contributed by atoms with E-state index in [1.165, 1.54) is 5.56 Å². The summed E-state index contributed by atoms with van der Waals surface area (Å²) in [7, 11) is 0. The number of aryl methyl sites for hydroxylation is 1. The number of benzene rings is 3. The first-order valence-electron chi connectivity index (χ1n) is 10.4. The molecule has 3 aromatic rings. The summed E-state index contributed by atoms with van der Waals surface area (Å²) < 4.78 is 0. The van der Waals surface area contributed by atoms with E-state index in [9.17, 15) is 4.79 Å². The Morgan fingerprint density at radius 3 is 2.28 bits per heavy atom. The van der Waals surface area contributed by atoms with E-state index in [0.29, 0.717) is 0 Å². The van der Waals surface area contributed by atoms with E-state index in [4.69, 9.17) is 0 Å². The van der Waals surface area contributed by atoms with Crippen LogP contribution in [0.3, 0.4) is 0 Å². The molecule has 3 atom stereocenters. The molecular formula is C26H28N2O. The minimum atomic E-state index is 0.0781. The van der Waals surface area contributed by atoms with Crippen LogP contribution < -0.4 is 10.2 Å². The van der Waals surface area contributed by atoms with Gasteiger partial charge >= 0.3 is 0 Å². The first-order valence-corrected chi connectivity index (χ1v) is 10.4. The number of carbonyl (C=O) groups excluding carboxylic acids is 1. The van der Waals surface area contributed by atoms with Crippen LogP contribution in [0.4, 0.5) is 11.4 Å². The Labute approximate surface area is 173 Å². The number of carbonyl (C=O) groups is 1. The number of amides is 1. The van der Waals surface area contributed by atoms with Gasteiger partial charge in [-0.2, -0.15) is 0 Å². The Hall–Kier alpha value is -3.07. The fraction of sp³-hybridized carbons (Fsp3) is 0.269. The molecule has 4 rings (SSSR count). The molecule has 3 aromatic carbocycles. The molecule has 0 bridgehead atoms. The molecule has 1 aliphatic heterocycles. The molecule has 0 saturated heterocycles. The van der Waals surface area contributed by atoms with Crippen LogP contribution in [0.2, 0.25) is 0 Å². The van der Waals surface area contributed by atoms with Crippen molar-refractivity contribution in [3.63, 3.8) is 0 Å². The average molecular weight is 385 g/mol. The molecule has 0 unspecified atom stereocenters. The molecular weight excluding hydrogens is 356 g/mol. The fourth-order valence-corrected chi connectivity index (χ4v) is 4.46. The first kappa shape index (κ1) is 19.3. The van der Waals surface area contributed by atoms with Crippen LogP contribution in [-0.2, 0) is 0 Å². The van der Waals surface area contributed by atoms with Crippen LogP contribution in [0, 0.1) is 12.8 Å². The van der Waals surface area contributed by atoms with Crippen molar-refractivity contribution in [3.05, 3.63) is 95.6 Å². The summed E-state index contributed by atoms with van der Waals surface area (Å²) in [6.07, 6.45) is 0.903. The van der Waals surface area contributed by atoms with Crippen LogP contribution in [0.15, 0.2) is 78.9 Å². The van der Waals surface area contributed by atoms with Crippen LogP contribution in [0.1, 0.15) is 47.8 Å². The molecule has 3 heteroatoms. The Morgan fingerprint density at radius 2 is 1.59 bits per heavy atom. The maximum Gasteiger partial charge on any atom is 0.258 e. The molecule has 29 heavy (non-hydrogen) atoms. The number of hydrogen-bond donors (Lipinski definition) is 1. The SMILES string of the molecule is CC[C@H]1[C@H](C)[C@H](Nc2ccccc2)c2ccccc2N1C(=O)c1ccc(C)cc1. The number of nitrogens with one attached hydrogen (secondary N) is 1. The zero-order valence-electron chi connectivity index (χ0n) is 17.3. The molecule has 1 amide bonds. The van der Waals surface area contributed by atoms with Gasteiger partial charge in [-0.3, -0.25) is 4.79 Å². The highest BCUT2D eigenvalue weighted by Crippen LogP contribution is 2.43. The fourth-order valence-electron chi connectivity index (χ4n) is 4.46. The van der Waals surface area contributed by atoms with Gasteiger partial charge in [0.2, 0.25) is 0 Å². The molecule has 1 aliphatic rings. The molecule has 3 nitrogen and oxygen atoms in total. The summed E-state index contributed by atoms with van der Waals surface area (Å²) in [5.74, 6) is 0.346. The largest absolute Gasteiger partial charge is 0.378 e. The second kappa shape index (κ2) is 8.12. The third kappa shape index (κ3) is 3.65. The smallest absolute Gasteiger partial charge is 0.258 e. The quantitative estimate of drug-likeness (QED) is 0.579. The Balaban J connectivity index is 1.76. The number of para-hydroxylation sites is 2. The molecule has 0 radical (unpaired) electrons. The summed E-state index contributed by atoms with van der Waals surface area (Å²) in [4.78, 5) is 15.6. The van der Waals surface area contributed by atoms with Gasteiger partial charge in [-0.15, -0.1) is 0 Å². The zero-order chi connectivity index (χ0) is 20.4. The van der Waals surface area contributed by atoms with Crippen LogP contribution in [0.5, 0.6) is 0 Å². The minimum absolute atomic E-state index is 0.0781. The highest BCUT2D eigenvalue weighted by atomic mass is 16.2. The molecule has 0 aliphatic carbocycles. The van der Waals surface area contributed by atoms with Crippen molar-refractivity contribution >= 4 is 17.3 Å². The maximum absolute atomic E-state index is 13.6. The second-order valence-electron chi connectivity index (χ2n) is 7.92. The Bertz CT molecular complexity index is 981. The minimum Gasteiger partial charge on any atom is -0.378 e. The van der Waals surface area contributed by atoms with Crippen molar-refractivity contribution in [2.75, 3.05) is 10.2 Å². The standard InChI is InChI=1S/C26H28N2O/c1-4-23-19(3)25(27-21-10-6-5-7-11-21)22-12-8-9-13-24(22)28(23)26(29)20-16-14-18(2)15-17-20/h5-17,19,23,25,27H,4H2,1-3H3/t19-,23-,25-/m0/s1. The Morgan fingerprint density at radius 1 is 0.931 bits per heavy atom. The van der Waals surface area contributed by atoms with E-state index in [1.807, 2.05) is 60.4 Å². The first-order chi connectivity index (χ1) is 14.1. The predicted octanol–water partition coefficient (Wildman–Crippen LogP) is 6.22. The lowest BCUT2D eigenvalue weighted by Crippen LogP contribution is -2.50. The van der Waals surface area contributed by atoms with Crippen molar-refractivity contribution in [3.8, 4) is 0 Å². The molecule has 1 N–H and O–H groups in total. The molecule has 0 saturated carbocycles. The summed E-state index contributed by atoms with van der Waals surface area (Å²) in [6.45, 7) is 6.46. The van der Waals surface area contributed by atoms with Gasteiger partial charge in [0.1, 0.15) is 0 Å². The van der Waals surface area contributed by atoms with E-state index in [1.54, 1.807) is 0 Å². The third-order valence-electron chi connectivity index (χ3n) is 6.03. The van der Waals surface area contributed by atoms with Gasteiger partial charge in [0.25, 0.3) is 5.91 Å². The summed E-state index contributed by atoms with van der Waals surface area (Å²) >= 11 is 0. The summed E-state index contributed by atoms with van der Waals surface area (Å²) in [5.41, 5.74) is 5.19. The van der Waals surface area contributed by atoms with E-state index >= 15 is 0 Å². The maximum atomic E-state index is 13.6. The van der Waals surface area contributed by atoms with Gasteiger partial charge in [0.15, 0.2) is 0 Å². The van der Waals surface area contributed by atoms with Crippen molar-refractivity contribution in [2.45, 2.75) is 39.3 Å². The van der Waals surface area contributed by atoms with Crippen LogP contribution in [-0.4, -0.2) is 11.9 Å². The predicted molar refractivity (Wildman–Crippen MR) is 120 cm³/mol. The average Bonchev–Trinajstić information content (AvgIpc) is 2.76. The van der Waals surface area contributed by atoms with Crippen molar-refractivity contribution < 1.29 is 4.79 Å². The highest BCUT2D eigenvalue weighted by molar-refractivity contribution is 6.07. The van der Waals surface area contributed by atoms with E-state index in [2.05, 4.69) is 49.5 Å². The van der Waals surface area contributed by atoms with Gasteiger partial charge in [-0.25, -0.2) is 0 Å². The van der Waals surface area contributed by atoms with Crippen LogP contribution >= 0.6 is 0 Å². The molecule has 0 fully saturated rings. The van der Waals surface area contributed by atoms with Gasteiger partial charge in [0.05, 0.1) is 6.04 Å². The lowest BCUT2D eigenvalue weighted by Gasteiger charge is -2.45. The molecule has 0 aromatic heterocycles. The van der Waals surface area contributed by atoms with Crippen molar-refractivity contribution in [1.82, 2.24) is 0 Å². The van der Waals surface area contributed by atoms with Gasteiger partial charge in [-0.1, -0.05) is 67.9 Å². The van der Waals surface area contributed by atoms with Gasteiger partial charge < -0.3 is 10.2 Å². The Kier molecular flexibility index (Phi) is 5.39. The van der Waals surface area contributed by atoms with Crippen molar-refractivity contribution in [1.29, 1.82) is 0 Å². The molecule has 1 heterocycles. The summed E-state index contributed by atoms with van der Waals surface area (Å²) in [6, 6.07) is 26.8. The number of fused-ring (bicyclic) bond motifs is 1. The lowest BCUT2D eigenvalue weighted by atomic mass is 9.80. The number of nitrogens with zero attached hydrogens (tertiary/aromatic N) is 1. The number of rotatable bonds is 4. The number of anilines is 2. The van der Waals surface area contributed by atoms with E-state index in [0.717, 1.165) is 28.9 Å². The zero-order valence-corrected chi connectivity index (χ0v) is 17.3. The topological polar surface area (TPSA) is 32.3 Å².